The zero-order valence-corrected chi connectivity index (χ0v) is 11.8. The van der Waals surface area contributed by atoms with Crippen LogP contribution in [0.4, 0.5) is 0 Å². The molecule has 0 aliphatic heterocycles. The molecule has 0 radical (unpaired) electrons. The Labute approximate surface area is 118 Å². The van der Waals surface area contributed by atoms with Gasteiger partial charge in [0.15, 0.2) is 0 Å². The number of para-hydroxylation sites is 1. The summed E-state index contributed by atoms with van der Waals surface area (Å²) in [5.41, 5.74) is 8.06. The van der Waals surface area contributed by atoms with Crippen molar-refractivity contribution >= 4 is 16.8 Å². The molecule has 108 valence electrons. The number of carbonyl (C=O) groups is 1. The lowest BCUT2D eigenvalue weighted by Crippen LogP contribution is -2.45. The van der Waals surface area contributed by atoms with E-state index in [0.717, 1.165) is 16.5 Å². The van der Waals surface area contributed by atoms with Crippen LogP contribution in [0.15, 0.2) is 30.5 Å². The number of carbonyl (C=O) groups excluding carboxylic acids is 1. The van der Waals surface area contributed by atoms with Gasteiger partial charge in [0.25, 0.3) is 0 Å². The van der Waals surface area contributed by atoms with Gasteiger partial charge in [0.05, 0.1) is 12.1 Å². The van der Waals surface area contributed by atoms with Gasteiger partial charge in [-0.2, -0.15) is 0 Å². The molecule has 1 amide bonds. The minimum absolute atomic E-state index is 0.156. The van der Waals surface area contributed by atoms with Gasteiger partial charge in [0.2, 0.25) is 5.91 Å². The van der Waals surface area contributed by atoms with Gasteiger partial charge in [-0.3, -0.25) is 4.79 Å². The molecule has 1 aromatic carbocycles. The number of fused-ring (bicyclic) bond motifs is 1. The van der Waals surface area contributed by atoms with E-state index in [0.29, 0.717) is 13.0 Å². The number of rotatable bonds is 5. The highest BCUT2D eigenvalue weighted by atomic mass is 16.3. The third-order valence-corrected chi connectivity index (χ3v) is 3.35. The molecule has 0 bridgehead atoms. The number of hydrogen-bond donors (Lipinski definition) is 3. The van der Waals surface area contributed by atoms with Crippen molar-refractivity contribution in [2.75, 3.05) is 13.6 Å². The Bertz CT molecular complexity index is 592. The van der Waals surface area contributed by atoms with Crippen LogP contribution in [0.25, 0.3) is 10.9 Å². The van der Waals surface area contributed by atoms with Crippen LogP contribution in [-0.2, 0) is 11.2 Å². The lowest BCUT2D eigenvalue weighted by Gasteiger charge is -2.22. The number of benzene rings is 1. The predicted molar refractivity (Wildman–Crippen MR) is 79.3 cm³/mol. The molecule has 0 aliphatic rings. The summed E-state index contributed by atoms with van der Waals surface area (Å²) in [6.45, 7) is 1.94. The Morgan fingerprint density at radius 2 is 2.15 bits per heavy atom. The van der Waals surface area contributed by atoms with Crippen molar-refractivity contribution in [3.8, 4) is 0 Å². The third-order valence-electron chi connectivity index (χ3n) is 3.35. The number of H-pyrrole nitrogens is 1. The van der Waals surface area contributed by atoms with E-state index in [1.54, 1.807) is 14.0 Å². The molecule has 20 heavy (non-hydrogen) atoms. The maximum atomic E-state index is 12.1. The highest BCUT2D eigenvalue weighted by molar-refractivity contribution is 5.86. The van der Waals surface area contributed by atoms with Gasteiger partial charge in [-0.05, 0) is 25.0 Å². The second-order valence-electron chi connectivity index (χ2n) is 5.24. The van der Waals surface area contributed by atoms with Gasteiger partial charge in [0.1, 0.15) is 0 Å². The molecule has 4 N–H and O–H groups in total. The van der Waals surface area contributed by atoms with Crippen LogP contribution in [0.3, 0.4) is 0 Å². The monoisotopic (exact) mass is 275 g/mol. The summed E-state index contributed by atoms with van der Waals surface area (Å²) in [5, 5.41) is 10.4. The summed E-state index contributed by atoms with van der Waals surface area (Å²) in [4.78, 5) is 16.8. The van der Waals surface area contributed by atoms with Gasteiger partial charge in [-0.1, -0.05) is 18.2 Å². The lowest BCUT2D eigenvalue weighted by atomic mass is 10.0. The second kappa shape index (κ2) is 6.07. The maximum Gasteiger partial charge on any atom is 0.239 e. The first-order valence-electron chi connectivity index (χ1n) is 6.72. The van der Waals surface area contributed by atoms with E-state index in [-0.39, 0.29) is 5.91 Å². The molecule has 0 aliphatic carbocycles. The topological polar surface area (TPSA) is 82.3 Å². The number of likely N-dealkylation sites (N-methyl/N-ethyl adjacent to an activating group) is 1. The number of hydrogen-bond acceptors (Lipinski definition) is 3. The molecular weight excluding hydrogens is 254 g/mol. The Morgan fingerprint density at radius 1 is 1.45 bits per heavy atom. The standard InChI is InChI=1S/C15H21N3O2/c1-10(19)9-18(2)15(20)13(16)7-11-8-17-14-6-4-3-5-12(11)14/h3-6,8,10,13,17,19H,7,9,16H2,1-2H3/t10?,13-/m1/s1. The highest BCUT2D eigenvalue weighted by Gasteiger charge is 2.20. The second-order valence-corrected chi connectivity index (χ2v) is 5.24. The zero-order chi connectivity index (χ0) is 14.7. The van der Waals surface area contributed by atoms with Gasteiger partial charge in [0, 0.05) is 30.7 Å². The van der Waals surface area contributed by atoms with E-state index in [2.05, 4.69) is 4.98 Å². The lowest BCUT2D eigenvalue weighted by molar-refractivity contribution is -0.132. The van der Waals surface area contributed by atoms with Crippen molar-refractivity contribution < 1.29 is 9.90 Å². The smallest absolute Gasteiger partial charge is 0.239 e. The molecule has 0 spiro atoms. The fourth-order valence-corrected chi connectivity index (χ4v) is 2.39. The summed E-state index contributed by atoms with van der Waals surface area (Å²) in [5.74, 6) is -0.156. The number of nitrogens with zero attached hydrogens (tertiary/aromatic N) is 1. The SMILES string of the molecule is CC(O)CN(C)C(=O)[C@H](N)Cc1c[nH]c2ccccc12. The molecule has 1 aromatic heterocycles. The zero-order valence-electron chi connectivity index (χ0n) is 11.8. The molecule has 2 aromatic rings. The van der Waals surface area contributed by atoms with Crippen molar-refractivity contribution in [3.63, 3.8) is 0 Å². The quantitative estimate of drug-likeness (QED) is 0.757. The average molecular weight is 275 g/mol. The molecule has 2 rings (SSSR count). The molecule has 5 heteroatoms. The van der Waals surface area contributed by atoms with Crippen LogP contribution in [-0.4, -0.2) is 46.6 Å². The first-order chi connectivity index (χ1) is 9.49. The summed E-state index contributed by atoms with van der Waals surface area (Å²) >= 11 is 0. The highest BCUT2D eigenvalue weighted by Crippen LogP contribution is 2.19. The number of nitrogens with two attached hydrogens (primary N) is 1. The van der Waals surface area contributed by atoms with Crippen molar-refractivity contribution in [1.82, 2.24) is 9.88 Å². The summed E-state index contributed by atoms with van der Waals surface area (Å²) in [6, 6.07) is 7.33. The molecule has 5 nitrogen and oxygen atoms in total. The number of amides is 1. The van der Waals surface area contributed by atoms with Gasteiger partial charge in [-0.15, -0.1) is 0 Å². The van der Waals surface area contributed by atoms with Crippen LogP contribution in [0, 0.1) is 0 Å². The van der Waals surface area contributed by atoms with Crippen molar-refractivity contribution in [1.29, 1.82) is 0 Å². The van der Waals surface area contributed by atoms with E-state index >= 15 is 0 Å². The first kappa shape index (κ1) is 14.6. The number of aromatic nitrogens is 1. The van der Waals surface area contributed by atoms with Crippen molar-refractivity contribution in [2.45, 2.75) is 25.5 Å². The predicted octanol–water partition coefficient (Wildman–Crippen LogP) is 0.877. The Morgan fingerprint density at radius 3 is 2.85 bits per heavy atom. The van der Waals surface area contributed by atoms with Crippen LogP contribution >= 0.6 is 0 Å². The maximum absolute atomic E-state index is 12.1. The Kier molecular flexibility index (Phi) is 4.42. The molecule has 1 unspecified atom stereocenters. The fourth-order valence-electron chi connectivity index (χ4n) is 2.39. The van der Waals surface area contributed by atoms with E-state index in [4.69, 9.17) is 5.73 Å². The molecule has 0 fully saturated rings. The van der Waals surface area contributed by atoms with Gasteiger partial charge in [-0.25, -0.2) is 0 Å². The van der Waals surface area contributed by atoms with E-state index in [1.165, 1.54) is 4.90 Å². The minimum atomic E-state index is -0.599. The van der Waals surface area contributed by atoms with E-state index in [1.807, 2.05) is 30.5 Å². The van der Waals surface area contributed by atoms with E-state index in [9.17, 15) is 9.90 Å². The number of aromatic amines is 1. The summed E-state index contributed by atoms with van der Waals surface area (Å²) in [6.07, 6.45) is 1.82. The van der Waals surface area contributed by atoms with Crippen LogP contribution in [0.5, 0.6) is 0 Å². The number of nitrogens with one attached hydrogen (secondary N) is 1. The van der Waals surface area contributed by atoms with Gasteiger partial charge < -0.3 is 20.7 Å². The molecule has 0 saturated heterocycles. The van der Waals surface area contributed by atoms with E-state index < -0.39 is 12.1 Å². The average Bonchev–Trinajstić information content (AvgIpc) is 2.80. The van der Waals surface area contributed by atoms with Crippen LogP contribution in [0.2, 0.25) is 0 Å². The molecular formula is C15H21N3O2. The first-order valence-corrected chi connectivity index (χ1v) is 6.72. The van der Waals surface area contributed by atoms with Crippen molar-refractivity contribution in [3.05, 3.63) is 36.0 Å². The molecule has 2 atom stereocenters. The van der Waals surface area contributed by atoms with Crippen LogP contribution in [0.1, 0.15) is 12.5 Å². The van der Waals surface area contributed by atoms with Gasteiger partial charge >= 0.3 is 0 Å². The van der Waals surface area contributed by atoms with Crippen LogP contribution < -0.4 is 5.73 Å². The minimum Gasteiger partial charge on any atom is -0.392 e. The largest absolute Gasteiger partial charge is 0.392 e. The fraction of sp³-hybridized carbons (Fsp3) is 0.400. The summed E-state index contributed by atoms with van der Waals surface area (Å²) in [7, 11) is 1.66. The summed E-state index contributed by atoms with van der Waals surface area (Å²) < 4.78 is 0. The Hall–Kier alpha value is -1.85. The third kappa shape index (κ3) is 3.18. The number of aliphatic hydroxyl groups excluding tert-OH is 1. The number of aliphatic hydroxyl groups is 1. The molecule has 1 heterocycles. The Balaban J connectivity index is 2.07. The van der Waals surface area contributed by atoms with Crippen molar-refractivity contribution in [2.24, 2.45) is 5.73 Å². The normalized spacial score (nSPS) is 14.2. The molecule has 0 saturated carbocycles.